The Balaban J connectivity index is 1.97. The molecule has 0 unspecified atom stereocenters. The summed E-state index contributed by atoms with van der Waals surface area (Å²) in [6.07, 6.45) is 3.13. The van der Waals surface area contributed by atoms with E-state index in [1.54, 1.807) is 4.31 Å². The van der Waals surface area contributed by atoms with Gasteiger partial charge in [0.1, 0.15) is 10.0 Å². The Hall–Kier alpha value is -0.690. The summed E-state index contributed by atoms with van der Waals surface area (Å²) < 4.78 is 26.7. The number of halogens is 1. The van der Waals surface area contributed by atoms with E-state index in [4.69, 9.17) is 11.6 Å². The van der Waals surface area contributed by atoms with Gasteiger partial charge in [-0.2, -0.15) is 4.31 Å². The van der Waals surface area contributed by atoms with Gasteiger partial charge >= 0.3 is 0 Å². The van der Waals surface area contributed by atoms with Gasteiger partial charge in [-0.1, -0.05) is 11.6 Å². The number of nitrogens with zero attached hydrogens (tertiary/aromatic N) is 3. The van der Waals surface area contributed by atoms with E-state index in [2.05, 4.69) is 30.8 Å². The minimum atomic E-state index is -3.45. The molecule has 2 heterocycles. The first-order chi connectivity index (χ1) is 10.3. The van der Waals surface area contributed by atoms with Crippen molar-refractivity contribution in [2.24, 2.45) is 5.92 Å². The van der Waals surface area contributed by atoms with E-state index in [9.17, 15) is 8.42 Å². The molecule has 0 spiro atoms. The quantitative estimate of drug-likeness (QED) is 0.769. The highest BCUT2D eigenvalue weighted by molar-refractivity contribution is 7.89. The molecule has 0 bridgehead atoms. The van der Waals surface area contributed by atoms with Gasteiger partial charge in [0, 0.05) is 31.9 Å². The van der Waals surface area contributed by atoms with Gasteiger partial charge in [0.25, 0.3) is 0 Å². The monoisotopic (exact) mass is 345 g/mol. The van der Waals surface area contributed by atoms with Crippen molar-refractivity contribution in [2.75, 3.05) is 26.7 Å². The van der Waals surface area contributed by atoms with Crippen LogP contribution in [0.1, 0.15) is 26.7 Å². The van der Waals surface area contributed by atoms with Crippen molar-refractivity contribution >= 4 is 21.6 Å². The van der Waals surface area contributed by atoms with Crippen molar-refractivity contribution in [3.05, 3.63) is 23.5 Å². The molecule has 0 aliphatic carbocycles. The molecule has 0 atom stereocenters. The van der Waals surface area contributed by atoms with Crippen LogP contribution < -0.4 is 0 Å². The fraction of sp³-hybridized carbons (Fsp3) is 0.667. The Morgan fingerprint density at radius 2 is 2.00 bits per heavy atom. The van der Waals surface area contributed by atoms with Crippen LogP contribution in [0.2, 0.25) is 5.15 Å². The van der Waals surface area contributed by atoms with Crippen LogP contribution in [0.3, 0.4) is 0 Å². The third-order valence-corrected chi connectivity index (χ3v) is 6.45. The lowest BCUT2D eigenvalue weighted by atomic mass is 9.97. The van der Waals surface area contributed by atoms with E-state index < -0.39 is 10.0 Å². The van der Waals surface area contributed by atoms with Gasteiger partial charge in [0.15, 0.2) is 0 Å². The van der Waals surface area contributed by atoms with Crippen LogP contribution in [0, 0.1) is 5.92 Å². The number of piperidine rings is 1. The van der Waals surface area contributed by atoms with E-state index >= 15 is 0 Å². The van der Waals surface area contributed by atoms with Gasteiger partial charge in [-0.05, 0) is 51.8 Å². The van der Waals surface area contributed by atoms with Gasteiger partial charge < -0.3 is 4.90 Å². The Labute approximate surface area is 138 Å². The van der Waals surface area contributed by atoms with Crippen molar-refractivity contribution in [3.63, 3.8) is 0 Å². The Morgan fingerprint density at radius 3 is 2.50 bits per heavy atom. The maximum atomic E-state index is 12.6. The van der Waals surface area contributed by atoms with Crippen molar-refractivity contribution in [2.45, 2.75) is 37.6 Å². The molecule has 0 amide bonds. The molecule has 22 heavy (non-hydrogen) atoms. The average molecular weight is 346 g/mol. The lowest BCUT2D eigenvalue weighted by molar-refractivity contribution is 0.182. The first-order valence-corrected chi connectivity index (χ1v) is 9.44. The summed E-state index contributed by atoms with van der Waals surface area (Å²) in [5.41, 5.74) is 0. The Bertz CT molecular complexity index is 581. The van der Waals surface area contributed by atoms with E-state index in [0.717, 1.165) is 19.4 Å². The van der Waals surface area contributed by atoms with Gasteiger partial charge in [0.05, 0.1) is 0 Å². The zero-order valence-electron chi connectivity index (χ0n) is 13.4. The molecule has 0 N–H and O–H groups in total. The lowest BCUT2D eigenvalue weighted by Gasteiger charge is -2.34. The largest absolute Gasteiger partial charge is 0.304 e. The maximum Gasteiger partial charge on any atom is 0.244 e. The molecule has 1 aromatic heterocycles. The minimum Gasteiger partial charge on any atom is -0.304 e. The van der Waals surface area contributed by atoms with Crippen molar-refractivity contribution in [1.82, 2.24) is 14.2 Å². The SMILES string of the molecule is CC(C)N(C)CC1CCN(S(=O)(=O)c2ccc(Cl)nc2)CC1. The third kappa shape index (κ3) is 4.19. The summed E-state index contributed by atoms with van der Waals surface area (Å²) >= 11 is 5.72. The van der Waals surface area contributed by atoms with E-state index in [0.29, 0.717) is 30.2 Å². The topological polar surface area (TPSA) is 53.5 Å². The first kappa shape index (κ1) is 17.7. The Kier molecular flexibility index (Phi) is 5.82. The van der Waals surface area contributed by atoms with Crippen molar-refractivity contribution in [1.29, 1.82) is 0 Å². The van der Waals surface area contributed by atoms with Gasteiger partial charge in [0.2, 0.25) is 10.0 Å². The highest BCUT2D eigenvalue weighted by Gasteiger charge is 2.30. The van der Waals surface area contributed by atoms with Crippen LogP contribution in [0.25, 0.3) is 0 Å². The van der Waals surface area contributed by atoms with Gasteiger partial charge in [-0.3, -0.25) is 0 Å². The smallest absolute Gasteiger partial charge is 0.244 e. The highest BCUT2D eigenvalue weighted by atomic mass is 35.5. The van der Waals surface area contributed by atoms with Gasteiger partial charge in [-0.25, -0.2) is 13.4 Å². The Morgan fingerprint density at radius 1 is 1.36 bits per heavy atom. The predicted molar refractivity (Wildman–Crippen MR) is 88.5 cm³/mol. The second-order valence-electron chi connectivity index (χ2n) is 6.20. The van der Waals surface area contributed by atoms with Crippen LogP contribution >= 0.6 is 11.6 Å². The average Bonchev–Trinajstić information content (AvgIpc) is 2.48. The van der Waals surface area contributed by atoms with Crippen LogP contribution in [0.15, 0.2) is 23.2 Å². The van der Waals surface area contributed by atoms with Crippen LogP contribution in [-0.2, 0) is 10.0 Å². The van der Waals surface area contributed by atoms with Crippen LogP contribution in [0.4, 0.5) is 0 Å². The molecule has 2 rings (SSSR count). The van der Waals surface area contributed by atoms with Gasteiger partial charge in [-0.15, -0.1) is 0 Å². The highest BCUT2D eigenvalue weighted by Crippen LogP contribution is 2.24. The number of aromatic nitrogens is 1. The fourth-order valence-electron chi connectivity index (χ4n) is 2.61. The van der Waals surface area contributed by atoms with Crippen molar-refractivity contribution < 1.29 is 8.42 Å². The molecule has 0 radical (unpaired) electrons. The third-order valence-electron chi connectivity index (χ3n) is 4.34. The summed E-state index contributed by atoms with van der Waals surface area (Å²) in [5, 5.41) is 0.300. The molecule has 124 valence electrons. The normalized spacial score (nSPS) is 18.3. The molecule has 1 saturated heterocycles. The van der Waals surface area contributed by atoms with E-state index in [1.807, 2.05) is 0 Å². The summed E-state index contributed by atoms with van der Waals surface area (Å²) in [6, 6.07) is 3.55. The molecule has 1 fully saturated rings. The predicted octanol–water partition coefficient (Wildman–Crippen LogP) is 2.48. The molecule has 7 heteroatoms. The fourth-order valence-corrected chi connectivity index (χ4v) is 4.14. The zero-order chi connectivity index (χ0) is 16.3. The zero-order valence-corrected chi connectivity index (χ0v) is 14.9. The molecular formula is C15H24ClN3O2S. The molecule has 1 aromatic rings. The summed E-state index contributed by atoms with van der Waals surface area (Å²) in [6.45, 7) is 6.51. The molecule has 1 aliphatic rings. The number of rotatable bonds is 5. The lowest BCUT2D eigenvalue weighted by Crippen LogP contribution is -2.42. The van der Waals surface area contributed by atoms with Crippen molar-refractivity contribution in [3.8, 4) is 0 Å². The second-order valence-corrected chi connectivity index (χ2v) is 8.52. The van der Waals surface area contributed by atoms with E-state index in [-0.39, 0.29) is 4.90 Å². The molecular weight excluding hydrogens is 322 g/mol. The summed E-state index contributed by atoms with van der Waals surface area (Å²) in [7, 11) is -1.33. The second kappa shape index (κ2) is 7.25. The standard InChI is InChI=1S/C15H24ClN3O2S/c1-12(2)18(3)11-13-6-8-19(9-7-13)22(20,21)14-4-5-15(16)17-10-14/h4-5,10,12-13H,6-9,11H2,1-3H3. The van der Waals surface area contributed by atoms with Crippen LogP contribution in [0.5, 0.6) is 0 Å². The van der Waals surface area contributed by atoms with Crippen LogP contribution in [-0.4, -0.2) is 55.3 Å². The summed E-state index contributed by atoms with van der Waals surface area (Å²) in [4.78, 5) is 6.40. The molecule has 0 saturated carbocycles. The summed E-state index contributed by atoms with van der Waals surface area (Å²) in [5.74, 6) is 0.558. The number of sulfonamides is 1. The molecule has 1 aliphatic heterocycles. The molecule has 0 aromatic carbocycles. The number of pyridine rings is 1. The van der Waals surface area contributed by atoms with E-state index in [1.165, 1.54) is 18.3 Å². The number of hydrogen-bond donors (Lipinski definition) is 0. The number of hydrogen-bond acceptors (Lipinski definition) is 4. The minimum absolute atomic E-state index is 0.217. The first-order valence-electron chi connectivity index (χ1n) is 7.62. The maximum absolute atomic E-state index is 12.6. The molecule has 5 nitrogen and oxygen atoms in total.